The molecule has 0 bridgehead atoms. The molecule has 1 aromatic heterocycles. The first-order valence-corrected chi connectivity index (χ1v) is 1.37. The van der Waals surface area contributed by atoms with Crippen LogP contribution in [0, 0.1) is 0 Å². The van der Waals surface area contributed by atoms with Gasteiger partial charge in [-0.3, -0.25) is 0 Å². The van der Waals surface area contributed by atoms with Crippen LogP contribution >= 0.6 is 0 Å². The van der Waals surface area contributed by atoms with E-state index in [0.29, 0.717) is 0 Å². The normalized spacial score (nSPS) is 7.43. The molecule has 0 fully saturated rings. The number of hydrogen-bond acceptors (Lipinski definition) is 4. The summed E-state index contributed by atoms with van der Waals surface area (Å²) in [6.45, 7) is 0. The Kier molecular flexibility index (Phi) is 2.89. The number of rotatable bonds is 0. The van der Waals surface area contributed by atoms with Gasteiger partial charge in [-0.25, -0.2) is 0 Å². The molecule has 1 rings (SSSR count). The molecular formula is CH4N5Na. The summed E-state index contributed by atoms with van der Waals surface area (Å²) in [5.41, 5.74) is 0. The first-order chi connectivity index (χ1) is 2.89. The van der Waals surface area contributed by atoms with Crippen LogP contribution in [0.15, 0.2) is 6.33 Å². The van der Waals surface area contributed by atoms with Gasteiger partial charge in [-0.05, 0) is 10.4 Å². The summed E-state index contributed by atoms with van der Waals surface area (Å²) in [5.74, 6) is 4.96. The molecule has 1 aromatic rings. The molecule has 0 radical (unpaired) electrons. The number of hydrogen-bond donors (Lipinski definition) is 1. The van der Waals surface area contributed by atoms with Crippen molar-refractivity contribution in [2.75, 3.05) is 5.84 Å². The molecule has 0 aromatic carbocycles. The van der Waals surface area contributed by atoms with Crippen LogP contribution in [0.5, 0.6) is 0 Å². The molecule has 0 aliphatic carbocycles. The number of aromatic nitrogens is 4. The zero-order valence-corrected chi connectivity index (χ0v) is 5.94. The van der Waals surface area contributed by atoms with E-state index in [4.69, 9.17) is 5.84 Å². The Morgan fingerprint density at radius 3 is 2.57 bits per heavy atom. The van der Waals surface area contributed by atoms with Crippen molar-refractivity contribution in [1.82, 2.24) is 20.3 Å². The van der Waals surface area contributed by atoms with Gasteiger partial charge in [0.25, 0.3) is 0 Å². The second-order valence-corrected chi connectivity index (χ2v) is 0.790. The van der Waals surface area contributed by atoms with Crippen LogP contribution in [0.4, 0.5) is 0 Å². The van der Waals surface area contributed by atoms with E-state index in [2.05, 4.69) is 15.5 Å². The Morgan fingerprint density at radius 1 is 1.71 bits per heavy atom. The second kappa shape index (κ2) is 2.95. The average molecular weight is 109 g/mol. The topological polar surface area (TPSA) is 69.6 Å². The molecule has 0 atom stereocenters. The van der Waals surface area contributed by atoms with E-state index in [1.54, 1.807) is 0 Å². The Labute approximate surface area is 63.6 Å². The van der Waals surface area contributed by atoms with Gasteiger partial charge in [0.1, 0.15) is 0 Å². The van der Waals surface area contributed by atoms with Gasteiger partial charge in [0.05, 0.1) is 0 Å². The first-order valence-electron chi connectivity index (χ1n) is 1.37. The van der Waals surface area contributed by atoms with Crippen LogP contribution in [0.3, 0.4) is 0 Å². The van der Waals surface area contributed by atoms with Crippen LogP contribution < -0.4 is 35.4 Å². The van der Waals surface area contributed by atoms with Gasteiger partial charge in [-0.2, -0.15) is 0 Å². The van der Waals surface area contributed by atoms with Crippen LogP contribution in [-0.4, -0.2) is 20.3 Å². The summed E-state index contributed by atoms with van der Waals surface area (Å²) in [4.78, 5) is 1.03. The number of nitrogens with zero attached hydrogens (tertiary/aromatic N) is 4. The van der Waals surface area contributed by atoms with Gasteiger partial charge < -0.3 is 7.27 Å². The van der Waals surface area contributed by atoms with Crippen LogP contribution in [0.1, 0.15) is 1.43 Å². The zero-order chi connectivity index (χ0) is 4.41. The van der Waals surface area contributed by atoms with Gasteiger partial charge in [-0.1, -0.05) is 0 Å². The van der Waals surface area contributed by atoms with Crippen LogP contribution in [0.2, 0.25) is 0 Å². The third-order valence-electron chi connectivity index (χ3n) is 0.365. The Bertz CT molecular complexity index is 116. The van der Waals surface area contributed by atoms with Crippen molar-refractivity contribution < 1.29 is 31.0 Å². The van der Waals surface area contributed by atoms with Crippen molar-refractivity contribution in [1.29, 1.82) is 0 Å². The monoisotopic (exact) mass is 109 g/mol. The molecular weight excluding hydrogens is 105 g/mol. The molecule has 0 unspecified atom stereocenters. The van der Waals surface area contributed by atoms with E-state index in [0.717, 1.165) is 4.79 Å². The maximum absolute atomic E-state index is 4.96. The van der Waals surface area contributed by atoms with E-state index >= 15 is 0 Å². The third kappa shape index (κ3) is 1.86. The van der Waals surface area contributed by atoms with Crippen molar-refractivity contribution in [2.45, 2.75) is 0 Å². The van der Waals surface area contributed by atoms with Crippen LogP contribution in [0.25, 0.3) is 0 Å². The number of tetrazole rings is 1. The van der Waals surface area contributed by atoms with Crippen molar-refractivity contribution in [3.63, 3.8) is 0 Å². The maximum atomic E-state index is 4.96. The van der Waals surface area contributed by atoms with Gasteiger partial charge in [0, 0.05) is 0 Å². The quantitative estimate of drug-likeness (QED) is 0.269. The fraction of sp³-hybridized carbons (Fsp3) is 0. The Morgan fingerprint density at radius 2 is 2.43 bits per heavy atom. The van der Waals surface area contributed by atoms with E-state index in [1.807, 2.05) is 0 Å². The summed E-state index contributed by atoms with van der Waals surface area (Å²) in [5, 5.41) is 9.71. The fourth-order valence-corrected chi connectivity index (χ4v) is 0.168. The van der Waals surface area contributed by atoms with Gasteiger partial charge in [-0.15, -0.1) is 9.89 Å². The fourth-order valence-electron chi connectivity index (χ4n) is 0.168. The summed E-state index contributed by atoms with van der Waals surface area (Å²) >= 11 is 0. The smallest absolute Gasteiger partial charge is 1.00 e. The van der Waals surface area contributed by atoms with Gasteiger partial charge in [0.15, 0.2) is 6.33 Å². The minimum atomic E-state index is 0. The molecule has 34 valence electrons. The van der Waals surface area contributed by atoms with E-state index < -0.39 is 0 Å². The van der Waals surface area contributed by atoms with E-state index in [1.165, 1.54) is 6.33 Å². The molecule has 0 spiro atoms. The number of nitrogen functional groups attached to an aromatic ring is 1. The SMILES string of the molecule is Nn1cnnn1.[H-].[Na+]. The summed E-state index contributed by atoms with van der Waals surface area (Å²) in [6.07, 6.45) is 1.31. The molecule has 6 heteroatoms. The molecule has 5 nitrogen and oxygen atoms in total. The second-order valence-electron chi connectivity index (χ2n) is 0.790. The van der Waals surface area contributed by atoms with Crippen molar-refractivity contribution in [3.05, 3.63) is 6.33 Å². The van der Waals surface area contributed by atoms with Crippen LogP contribution in [-0.2, 0) is 0 Å². The molecule has 1 heterocycles. The predicted molar refractivity (Wildman–Crippen MR) is 19.1 cm³/mol. The Balaban J connectivity index is 0. The maximum Gasteiger partial charge on any atom is 1.00 e. The molecule has 0 amide bonds. The Hall–Kier alpha value is -0.130. The van der Waals surface area contributed by atoms with Crippen molar-refractivity contribution in [2.24, 2.45) is 0 Å². The van der Waals surface area contributed by atoms with Crippen molar-refractivity contribution >= 4 is 0 Å². The zero-order valence-electron chi connectivity index (χ0n) is 4.94. The minimum absolute atomic E-state index is 0. The molecule has 0 saturated carbocycles. The third-order valence-corrected chi connectivity index (χ3v) is 0.365. The standard InChI is InChI=1S/CH3N5.Na.H/c2-6-1-3-4-5-6;;/h1H,2H2;;/q;+1;-1. The molecule has 0 saturated heterocycles. The summed E-state index contributed by atoms with van der Waals surface area (Å²) in [7, 11) is 0. The number of nitrogens with two attached hydrogens (primary N) is 1. The summed E-state index contributed by atoms with van der Waals surface area (Å²) < 4.78 is 0. The molecule has 7 heavy (non-hydrogen) atoms. The molecule has 0 aliphatic heterocycles. The first kappa shape index (κ1) is 6.87. The average Bonchev–Trinajstić information content (AvgIpc) is 1.86. The largest absolute Gasteiger partial charge is 1.00 e. The molecule has 2 N–H and O–H groups in total. The predicted octanol–water partition coefficient (Wildman–Crippen LogP) is -4.50. The van der Waals surface area contributed by atoms with Gasteiger partial charge in [0.2, 0.25) is 0 Å². The van der Waals surface area contributed by atoms with Gasteiger partial charge >= 0.3 is 29.6 Å². The molecule has 0 aliphatic rings. The van der Waals surface area contributed by atoms with E-state index in [9.17, 15) is 0 Å². The minimum Gasteiger partial charge on any atom is -1.00 e. The van der Waals surface area contributed by atoms with Crippen molar-refractivity contribution in [3.8, 4) is 0 Å². The summed E-state index contributed by atoms with van der Waals surface area (Å²) in [6, 6.07) is 0. The van der Waals surface area contributed by atoms with E-state index in [-0.39, 0.29) is 31.0 Å².